The largest absolute Gasteiger partial charge is 0.299 e. The molecule has 0 saturated heterocycles. The fourth-order valence-corrected chi connectivity index (χ4v) is 3.27. The molecular weight excluding hydrogens is 284 g/mol. The van der Waals surface area contributed by atoms with Crippen LogP contribution in [0.25, 0.3) is 0 Å². The summed E-state index contributed by atoms with van der Waals surface area (Å²) in [6.45, 7) is 0. The number of benzene rings is 1. The number of thioether (sulfide) groups is 1. The molecule has 0 aromatic heterocycles. The van der Waals surface area contributed by atoms with E-state index < -0.39 is 0 Å². The van der Waals surface area contributed by atoms with Gasteiger partial charge in [-0.05, 0) is 49.3 Å². The Kier molecular flexibility index (Phi) is 4.47. The summed E-state index contributed by atoms with van der Waals surface area (Å²) in [5.74, 6) is 1.89. The van der Waals surface area contributed by atoms with E-state index in [1.165, 1.54) is 4.90 Å². The summed E-state index contributed by atoms with van der Waals surface area (Å²) in [5.41, 5.74) is 0. The Morgan fingerprint density at radius 2 is 2.06 bits per heavy atom. The van der Waals surface area contributed by atoms with Crippen molar-refractivity contribution in [3.8, 4) is 0 Å². The van der Waals surface area contributed by atoms with Crippen molar-refractivity contribution in [3.05, 3.63) is 28.7 Å². The van der Waals surface area contributed by atoms with Gasteiger partial charge in [0.1, 0.15) is 5.78 Å². The van der Waals surface area contributed by atoms with Crippen LogP contribution in [0.15, 0.2) is 33.6 Å². The highest BCUT2D eigenvalue weighted by Crippen LogP contribution is 2.28. The first-order valence-corrected chi connectivity index (χ1v) is 7.44. The quantitative estimate of drug-likeness (QED) is 0.771. The molecule has 0 spiro atoms. The van der Waals surface area contributed by atoms with E-state index in [2.05, 4.69) is 40.2 Å². The summed E-state index contributed by atoms with van der Waals surface area (Å²) in [6, 6.07) is 8.35. The molecule has 1 aliphatic carbocycles. The van der Waals surface area contributed by atoms with Crippen LogP contribution in [0.3, 0.4) is 0 Å². The van der Waals surface area contributed by atoms with Gasteiger partial charge in [0.2, 0.25) is 0 Å². The van der Waals surface area contributed by atoms with Crippen molar-refractivity contribution in [3.63, 3.8) is 0 Å². The third-order valence-electron chi connectivity index (χ3n) is 2.98. The Morgan fingerprint density at radius 1 is 1.31 bits per heavy atom. The molecular formula is C13H15BrOS. The molecule has 1 saturated carbocycles. The van der Waals surface area contributed by atoms with Crippen LogP contribution in [0.2, 0.25) is 0 Å². The fourth-order valence-electron chi connectivity index (χ4n) is 2.04. The minimum absolute atomic E-state index is 0.350. The number of ketones is 1. The highest BCUT2D eigenvalue weighted by Gasteiger charge is 2.23. The number of carbonyl (C=O) groups excluding carboxylic acids is 1. The van der Waals surface area contributed by atoms with Crippen molar-refractivity contribution < 1.29 is 4.79 Å². The summed E-state index contributed by atoms with van der Waals surface area (Å²) in [4.78, 5) is 12.7. The second-order valence-corrected chi connectivity index (χ2v) is 6.23. The Hall–Kier alpha value is -0.280. The smallest absolute Gasteiger partial charge is 0.136 e. The summed E-state index contributed by atoms with van der Waals surface area (Å²) in [7, 11) is 0. The number of halogens is 1. The molecule has 3 heteroatoms. The lowest BCUT2D eigenvalue weighted by atomic mass is 10.1. The van der Waals surface area contributed by atoms with Gasteiger partial charge in [-0.25, -0.2) is 0 Å². The summed E-state index contributed by atoms with van der Waals surface area (Å²) >= 11 is 5.27. The second kappa shape index (κ2) is 5.87. The third kappa shape index (κ3) is 3.36. The van der Waals surface area contributed by atoms with Gasteiger partial charge in [0.15, 0.2) is 0 Å². The molecule has 2 rings (SSSR count). The summed E-state index contributed by atoms with van der Waals surface area (Å²) in [5, 5.41) is 0. The van der Waals surface area contributed by atoms with E-state index in [4.69, 9.17) is 0 Å². The average Bonchev–Trinajstić information content (AvgIpc) is 2.68. The van der Waals surface area contributed by atoms with Crippen LogP contribution in [-0.2, 0) is 4.79 Å². The molecule has 0 bridgehead atoms. The molecule has 0 aliphatic heterocycles. The van der Waals surface area contributed by atoms with E-state index in [1.807, 2.05) is 11.8 Å². The van der Waals surface area contributed by atoms with E-state index in [-0.39, 0.29) is 0 Å². The molecule has 1 aromatic rings. The predicted octanol–water partition coefficient (Wildman–Crippen LogP) is 4.30. The number of hydrogen-bond donors (Lipinski definition) is 0. The number of hydrogen-bond acceptors (Lipinski definition) is 2. The second-order valence-electron chi connectivity index (χ2n) is 4.15. The normalized spacial score (nSPS) is 20.3. The molecule has 1 unspecified atom stereocenters. The van der Waals surface area contributed by atoms with Crippen LogP contribution in [0.1, 0.15) is 25.7 Å². The maximum Gasteiger partial charge on any atom is 0.136 e. The molecule has 0 radical (unpaired) electrons. The van der Waals surface area contributed by atoms with Crippen molar-refractivity contribution in [2.45, 2.75) is 30.6 Å². The topological polar surface area (TPSA) is 17.1 Å². The monoisotopic (exact) mass is 298 g/mol. The van der Waals surface area contributed by atoms with Gasteiger partial charge in [0.05, 0.1) is 0 Å². The van der Waals surface area contributed by atoms with Crippen molar-refractivity contribution in [1.82, 2.24) is 0 Å². The molecule has 1 aromatic carbocycles. The first-order valence-electron chi connectivity index (χ1n) is 5.67. The fraction of sp³-hybridized carbons (Fsp3) is 0.462. The Bertz CT molecular complexity index is 361. The molecule has 0 heterocycles. The van der Waals surface area contributed by atoms with E-state index in [9.17, 15) is 4.79 Å². The zero-order valence-electron chi connectivity index (χ0n) is 9.12. The van der Waals surface area contributed by atoms with Crippen LogP contribution in [0.4, 0.5) is 0 Å². The SMILES string of the molecule is O=C1CCCC1CCSc1ccc(Br)cc1. The first-order chi connectivity index (χ1) is 7.75. The van der Waals surface area contributed by atoms with Crippen molar-refractivity contribution in [2.75, 3.05) is 5.75 Å². The predicted molar refractivity (Wildman–Crippen MR) is 71.8 cm³/mol. The molecule has 0 N–H and O–H groups in total. The molecule has 1 nitrogen and oxygen atoms in total. The van der Waals surface area contributed by atoms with E-state index in [1.54, 1.807) is 0 Å². The van der Waals surface area contributed by atoms with Crippen LogP contribution in [0, 0.1) is 5.92 Å². The zero-order chi connectivity index (χ0) is 11.4. The van der Waals surface area contributed by atoms with E-state index in [0.717, 1.165) is 35.9 Å². The van der Waals surface area contributed by atoms with E-state index >= 15 is 0 Å². The standard InChI is InChI=1S/C13H15BrOS/c14-11-4-6-12(7-5-11)16-9-8-10-2-1-3-13(10)15/h4-7,10H,1-3,8-9H2. The number of Topliss-reactive ketones (excluding diaryl/α,β-unsaturated/α-hetero) is 1. The molecule has 1 fully saturated rings. The third-order valence-corrected chi connectivity index (χ3v) is 4.55. The van der Waals surface area contributed by atoms with E-state index in [0.29, 0.717) is 11.7 Å². The lowest BCUT2D eigenvalue weighted by Gasteiger charge is -2.07. The van der Waals surface area contributed by atoms with Gasteiger partial charge in [-0.15, -0.1) is 11.8 Å². The highest BCUT2D eigenvalue weighted by atomic mass is 79.9. The van der Waals surface area contributed by atoms with Gasteiger partial charge < -0.3 is 0 Å². The van der Waals surface area contributed by atoms with Crippen LogP contribution < -0.4 is 0 Å². The number of rotatable bonds is 4. The minimum Gasteiger partial charge on any atom is -0.299 e. The summed E-state index contributed by atoms with van der Waals surface area (Å²) in [6.07, 6.45) is 4.07. The summed E-state index contributed by atoms with van der Waals surface area (Å²) < 4.78 is 1.11. The Labute approximate surface area is 109 Å². The number of carbonyl (C=O) groups is 1. The van der Waals surface area contributed by atoms with Gasteiger partial charge in [-0.1, -0.05) is 15.9 Å². The zero-order valence-corrected chi connectivity index (χ0v) is 11.5. The van der Waals surface area contributed by atoms with Crippen LogP contribution in [0.5, 0.6) is 0 Å². The maximum atomic E-state index is 11.4. The van der Waals surface area contributed by atoms with Gasteiger partial charge in [-0.2, -0.15) is 0 Å². The van der Waals surface area contributed by atoms with Gasteiger partial charge >= 0.3 is 0 Å². The first kappa shape index (κ1) is 12.2. The molecule has 16 heavy (non-hydrogen) atoms. The van der Waals surface area contributed by atoms with Crippen LogP contribution in [-0.4, -0.2) is 11.5 Å². The van der Waals surface area contributed by atoms with Gasteiger partial charge in [0, 0.05) is 21.7 Å². The minimum atomic E-state index is 0.350. The van der Waals surface area contributed by atoms with Crippen LogP contribution >= 0.6 is 27.7 Å². The molecule has 86 valence electrons. The molecule has 1 atom stereocenters. The Morgan fingerprint density at radius 3 is 2.69 bits per heavy atom. The van der Waals surface area contributed by atoms with Gasteiger partial charge in [0.25, 0.3) is 0 Å². The highest BCUT2D eigenvalue weighted by molar-refractivity contribution is 9.10. The van der Waals surface area contributed by atoms with Crippen molar-refractivity contribution >= 4 is 33.5 Å². The van der Waals surface area contributed by atoms with Crippen molar-refractivity contribution in [2.24, 2.45) is 5.92 Å². The average molecular weight is 299 g/mol. The lowest BCUT2D eigenvalue weighted by Crippen LogP contribution is -2.06. The molecule has 0 amide bonds. The molecule has 1 aliphatic rings. The van der Waals surface area contributed by atoms with Crippen molar-refractivity contribution in [1.29, 1.82) is 0 Å². The Balaban J connectivity index is 1.75. The lowest BCUT2D eigenvalue weighted by molar-refractivity contribution is -0.120. The van der Waals surface area contributed by atoms with Gasteiger partial charge in [-0.3, -0.25) is 4.79 Å². The maximum absolute atomic E-state index is 11.4.